The summed E-state index contributed by atoms with van der Waals surface area (Å²) in [6, 6.07) is 9.31. The van der Waals surface area contributed by atoms with Crippen molar-refractivity contribution in [1.29, 1.82) is 0 Å². The monoisotopic (exact) mass is 407 g/mol. The molecule has 2 unspecified atom stereocenters. The van der Waals surface area contributed by atoms with E-state index in [1.807, 2.05) is 30.3 Å². The average Bonchev–Trinajstić information content (AvgIpc) is 2.69. The number of ether oxygens (including phenoxy) is 2. The molecule has 154 valence electrons. The lowest BCUT2D eigenvalue weighted by Crippen LogP contribution is -2.62. The zero-order chi connectivity index (χ0) is 20.6. The van der Waals surface area contributed by atoms with Gasteiger partial charge in [-0.25, -0.2) is 18.0 Å². The molecule has 29 heavy (non-hydrogen) atoms. The molecule has 1 amide bonds. The van der Waals surface area contributed by atoms with Crippen molar-refractivity contribution in [2.24, 2.45) is 0 Å². The summed E-state index contributed by atoms with van der Waals surface area (Å²) in [4.78, 5) is 14.1. The van der Waals surface area contributed by atoms with Gasteiger partial charge in [0.2, 0.25) is 0 Å². The predicted octanol–water partition coefficient (Wildman–Crippen LogP) is 3.49. The van der Waals surface area contributed by atoms with Gasteiger partial charge in [0.25, 0.3) is 0 Å². The second-order valence-electron chi connectivity index (χ2n) is 7.45. The number of fused-ring (bicyclic) bond motifs is 2. The van der Waals surface area contributed by atoms with Gasteiger partial charge < -0.3 is 14.6 Å². The van der Waals surface area contributed by atoms with Gasteiger partial charge in [-0.05, 0) is 17.7 Å². The van der Waals surface area contributed by atoms with E-state index in [4.69, 9.17) is 9.47 Å². The first kappa shape index (κ1) is 19.7. The van der Waals surface area contributed by atoms with Gasteiger partial charge in [-0.1, -0.05) is 30.3 Å². The number of carbonyl (C=O) groups is 1. The number of hydrogen-bond acceptors (Lipinski definition) is 4. The van der Waals surface area contributed by atoms with Gasteiger partial charge in [-0.15, -0.1) is 0 Å². The Hall–Kier alpha value is -2.58. The zero-order valence-corrected chi connectivity index (χ0v) is 15.5. The molecule has 1 N–H and O–H groups in total. The van der Waals surface area contributed by atoms with Crippen LogP contribution in [0.1, 0.15) is 24.0 Å². The molecule has 2 aliphatic rings. The summed E-state index contributed by atoms with van der Waals surface area (Å²) in [5.41, 5.74) is -1.84. The minimum Gasteiger partial charge on any atom is -0.445 e. The van der Waals surface area contributed by atoms with Crippen molar-refractivity contribution in [3.05, 3.63) is 71.0 Å². The molecule has 0 spiro atoms. The summed E-state index contributed by atoms with van der Waals surface area (Å²) in [5.74, 6) is -3.67. The smallest absolute Gasteiger partial charge is 0.410 e. The van der Waals surface area contributed by atoms with Crippen LogP contribution in [-0.4, -0.2) is 41.4 Å². The van der Waals surface area contributed by atoms with Gasteiger partial charge in [0.1, 0.15) is 12.4 Å². The number of rotatable bonds is 3. The molecule has 4 rings (SSSR count). The van der Waals surface area contributed by atoms with E-state index in [9.17, 15) is 23.1 Å². The molecular weight excluding hydrogens is 387 g/mol. The Morgan fingerprint density at radius 3 is 2.34 bits per heavy atom. The average molecular weight is 407 g/mol. The fourth-order valence-electron chi connectivity index (χ4n) is 4.23. The van der Waals surface area contributed by atoms with E-state index in [1.54, 1.807) is 0 Å². The molecule has 2 saturated heterocycles. The van der Waals surface area contributed by atoms with E-state index in [0.29, 0.717) is 6.07 Å². The lowest BCUT2D eigenvalue weighted by atomic mass is 9.76. The molecule has 5 nitrogen and oxygen atoms in total. The van der Waals surface area contributed by atoms with Gasteiger partial charge >= 0.3 is 6.09 Å². The van der Waals surface area contributed by atoms with Crippen molar-refractivity contribution >= 4 is 6.09 Å². The molecule has 2 atom stereocenters. The topological polar surface area (TPSA) is 59.0 Å². The third kappa shape index (κ3) is 3.70. The number of amides is 1. The molecule has 2 aromatic rings. The van der Waals surface area contributed by atoms with Crippen LogP contribution in [-0.2, 0) is 21.7 Å². The van der Waals surface area contributed by atoms with Gasteiger partial charge in [0.15, 0.2) is 11.6 Å². The Balaban J connectivity index is 1.55. The standard InChI is InChI=1S/C21H20F3NO4/c22-16-6-7-17(23)19(24)18(16)21(27)8-14-11-28-12-15(9-21)25(14)20(26)29-10-13-4-2-1-3-5-13/h1-7,14-15,27H,8-12H2. The van der Waals surface area contributed by atoms with E-state index in [0.717, 1.165) is 11.6 Å². The summed E-state index contributed by atoms with van der Waals surface area (Å²) in [6.07, 6.45) is -0.975. The van der Waals surface area contributed by atoms with Crippen LogP contribution in [0, 0.1) is 17.5 Å². The Labute approximate surface area is 165 Å². The Bertz CT molecular complexity index is 894. The molecule has 0 aromatic heterocycles. The first-order valence-electron chi connectivity index (χ1n) is 9.32. The van der Waals surface area contributed by atoms with Crippen LogP contribution in [0.4, 0.5) is 18.0 Å². The third-order valence-corrected chi connectivity index (χ3v) is 5.48. The zero-order valence-electron chi connectivity index (χ0n) is 15.5. The summed E-state index contributed by atoms with van der Waals surface area (Å²) in [7, 11) is 0. The number of morpholine rings is 1. The number of halogens is 3. The largest absolute Gasteiger partial charge is 0.445 e. The van der Waals surface area contributed by atoms with Crippen LogP contribution in [0.5, 0.6) is 0 Å². The highest BCUT2D eigenvalue weighted by atomic mass is 19.2. The molecule has 2 aliphatic heterocycles. The minimum atomic E-state index is -1.95. The van der Waals surface area contributed by atoms with Crippen molar-refractivity contribution in [2.45, 2.75) is 37.1 Å². The molecule has 0 radical (unpaired) electrons. The fourth-order valence-corrected chi connectivity index (χ4v) is 4.23. The van der Waals surface area contributed by atoms with E-state index in [2.05, 4.69) is 0 Å². The normalized spacial score (nSPS) is 26.3. The highest BCUT2D eigenvalue weighted by Gasteiger charge is 2.51. The Morgan fingerprint density at radius 1 is 1.07 bits per heavy atom. The third-order valence-electron chi connectivity index (χ3n) is 5.48. The second-order valence-corrected chi connectivity index (χ2v) is 7.45. The number of benzene rings is 2. The summed E-state index contributed by atoms with van der Waals surface area (Å²) in [6.45, 7) is 0.240. The highest BCUT2D eigenvalue weighted by Crippen LogP contribution is 2.43. The number of hydrogen-bond donors (Lipinski definition) is 1. The minimum absolute atomic E-state index is 0.0773. The highest BCUT2D eigenvalue weighted by molar-refractivity contribution is 5.69. The number of nitrogens with zero attached hydrogens (tertiary/aromatic N) is 1. The van der Waals surface area contributed by atoms with Gasteiger partial charge in [0, 0.05) is 12.8 Å². The van der Waals surface area contributed by atoms with Crippen LogP contribution in [0.2, 0.25) is 0 Å². The lowest BCUT2D eigenvalue weighted by molar-refractivity contribution is -0.139. The van der Waals surface area contributed by atoms with E-state index >= 15 is 0 Å². The lowest BCUT2D eigenvalue weighted by Gasteiger charge is -2.50. The molecule has 8 heteroatoms. The Kier molecular flexibility index (Phi) is 5.23. The van der Waals surface area contributed by atoms with E-state index < -0.39 is 46.8 Å². The first-order chi connectivity index (χ1) is 13.9. The quantitative estimate of drug-likeness (QED) is 0.792. The van der Waals surface area contributed by atoms with E-state index in [-0.39, 0.29) is 32.7 Å². The van der Waals surface area contributed by atoms with Crippen LogP contribution < -0.4 is 0 Å². The molecule has 2 heterocycles. The fraction of sp³-hybridized carbons (Fsp3) is 0.381. The van der Waals surface area contributed by atoms with Gasteiger partial charge in [-0.3, -0.25) is 4.90 Å². The molecule has 2 bridgehead atoms. The number of aliphatic hydroxyl groups is 1. The first-order valence-corrected chi connectivity index (χ1v) is 9.32. The maximum Gasteiger partial charge on any atom is 0.410 e. The maximum atomic E-state index is 14.3. The van der Waals surface area contributed by atoms with Crippen molar-refractivity contribution in [3.63, 3.8) is 0 Å². The SMILES string of the molecule is O=C(OCc1ccccc1)N1C2COCC1CC(O)(c1c(F)ccc(F)c1F)C2. The van der Waals surface area contributed by atoms with Crippen LogP contribution >= 0.6 is 0 Å². The van der Waals surface area contributed by atoms with Crippen molar-refractivity contribution < 1.29 is 32.5 Å². The molecular formula is C21H20F3NO4. The summed E-state index contributed by atoms with van der Waals surface area (Å²) < 4.78 is 53.2. The van der Waals surface area contributed by atoms with E-state index in [1.165, 1.54) is 4.90 Å². The predicted molar refractivity (Wildman–Crippen MR) is 96.3 cm³/mol. The van der Waals surface area contributed by atoms with Crippen LogP contribution in [0.3, 0.4) is 0 Å². The van der Waals surface area contributed by atoms with Crippen molar-refractivity contribution in [2.75, 3.05) is 13.2 Å². The van der Waals surface area contributed by atoms with Crippen LogP contribution in [0.25, 0.3) is 0 Å². The molecule has 0 aliphatic carbocycles. The summed E-state index contributed by atoms with van der Waals surface area (Å²) in [5, 5.41) is 11.1. The maximum absolute atomic E-state index is 14.3. The molecule has 2 aromatic carbocycles. The number of carbonyl (C=O) groups excluding carboxylic acids is 1. The van der Waals surface area contributed by atoms with Crippen molar-refractivity contribution in [1.82, 2.24) is 4.90 Å². The Morgan fingerprint density at radius 2 is 1.69 bits per heavy atom. The molecule has 0 saturated carbocycles. The van der Waals surface area contributed by atoms with Crippen LogP contribution in [0.15, 0.2) is 42.5 Å². The second kappa shape index (κ2) is 7.68. The van der Waals surface area contributed by atoms with Gasteiger partial charge in [0.05, 0.1) is 36.5 Å². The number of piperidine rings is 1. The van der Waals surface area contributed by atoms with Gasteiger partial charge in [-0.2, -0.15) is 0 Å². The molecule has 2 fully saturated rings. The summed E-state index contributed by atoms with van der Waals surface area (Å²) >= 11 is 0. The van der Waals surface area contributed by atoms with Crippen molar-refractivity contribution in [3.8, 4) is 0 Å².